The molecule has 4 aromatic rings. The first kappa shape index (κ1) is 22.6. The van der Waals surface area contributed by atoms with Crippen LogP contribution >= 0.6 is 11.3 Å². The van der Waals surface area contributed by atoms with Crippen LogP contribution in [0.4, 0.5) is 5.13 Å². The van der Waals surface area contributed by atoms with E-state index in [2.05, 4.69) is 15.1 Å². The maximum absolute atomic E-state index is 13.7. The Bertz CT molecular complexity index is 1300. The summed E-state index contributed by atoms with van der Waals surface area (Å²) in [4.78, 5) is 29.3. The molecule has 34 heavy (non-hydrogen) atoms. The number of fused-ring (bicyclic) bond motifs is 1. The second-order valence-electron chi connectivity index (χ2n) is 8.79. The molecule has 1 aromatic carbocycles. The second-order valence-corrected chi connectivity index (χ2v) is 9.80. The van der Waals surface area contributed by atoms with Crippen molar-refractivity contribution in [2.45, 2.75) is 53.1 Å². The van der Waals surface area contributed by atoms with E-state index >= 15 is 0 Å². The fraction of sp³-hybridized carbons (Fsp3) is 0.400. The predicted molar refractivity (Wildman–Crippen MR) is 133 cm³/mol. The summed E-state index contributed by atoms with van der Waals surface area (Å²) in [5, 5.41) is 5.38. The SMILES string of the molecule is Cc1cc(C)nc(-n2nc(C)c(CC(=O)N(CC3CCCO3)c3nc4ccccc4s3)c2C)n1. The maximum atomic E-state index is 13.7. The first-order valence-electron chi connectivity index (χ1n) is 11.5. The summed E-state index contributed by atoms with van der Waals surface area (Å²) >= 11 is 1.54. The van der Waals surface area contributed by atoms with Crippen molar-refractivity contribution in [2.24, 2.45) is 0 Å². The molecule has 4 heterocycles. The molecule has 0 spiro atoms. The van der Waals surface area contributed by atoms with Crippen LogP contribution in [0.5, 0.6) is 0 Å². The van der Waals surface area contributed by atoms with Gasteiger partial charge in [0.25, 0.3) is 5.95 Å². The molecule has 1 aliphatic heterocycles. The number of para-hydroxylation sites is 1. The molecule has 0 N–H and O–H groups in total. The largest absolute Gasteiger partial charge is 0.376 e. The Morgan fingerprint density at radius 3 is 2.62 bits per heavy atom. The van der Waals surface area contributed by atoms with E-state index in [1.54, 1.807) is 9.58 Å². The van der Waals surface area contributed by atoms with Crippen molar-refractivity contribution in [3.8, 4) is 5.95 Å². The van der Waals surface area contributed by atoms with E-state index in [0.717, 1.165) is 58.0 Å². The number of carbonyl (C=O) groups excluding carboxylic acids is 1. The average molecular weight is 477 g/mol. The van der Waals surface area contributed by atoms with E-state index in [-0.39, 0.29) is 18.4 Å². The van der Waals surface area contributed by atoms with Crippen molar-refractivity contribution >= 4 is 32.6 Å². The summed E-state index contributed by atoms with van der Waals surface area (Å²) in [6, 6.07) is 9.90. The first-order valence-corrected chi connectivity index (χ1v) is 12.4. The number of ether oxygens (including phenoxy) is 1. The molecular weight excluding hydrogens is 448 g/mol. The zero-order chi connectivity index (χ0) is 23.8. The molecule has 3 aromatic heterocycles. The summed E-state index contributed by atoms with van der Waals surface area (Å²) in [5.41, 5.74) is 5.23. The Morgan fingerprint density at radius 1 is 1.15 bits per heavy atom. The number of hydrogen-bond acceptors (Lipinski definition) is 7. The molecule has 1 fully saturated rings. The minimum absolute atomic E-state index is 0.0124. The number of anilines is 1. The van der Waals surface area contributed by atoms with Crippen molar-refractivity contribution in [1.82, 2.24) is 24.7 Å². The zero-order valence-electron chi connectivity index (χ0n) is 19.9. The van der Waals surface area contributed by atoms with Crippen molar-refractivity contribution < 1.29 is 9.53 Å². The standard InChI is InChI=1S/C25H28N6O2S/c1-15-12-16(2)27-24(26-15)31-18(4)20(17(3)29-31)13-23(32)30(14-19-8-7-11-33-19)25-28-21-9-5-6-10-22(21)34-25/h5-6,9-10,12,19H,7-8,11,13-14H2,1-4H3. The summed E-state index contributed by atoms with van der Waals surface area (Å²) in [7, 11) is 0. The Kier molecular flexibility index (Phi) is 6.14. The molecular formula is C25H28N6O2S. The molecule has 1 aliphatic rings. The number of amides is 1. The molecule has 1 amide bonds. The van der Waals surface area contributed by atoms with Crippen LogP contribution in [0.2, 0.25) is 0 Å². The van der Waals surface area contributed by atoms with Gasteiger partial charge in [-0.1, -0.05) is 23.5 Å². The predicted octanol–water partition coefficient (Wildman–Crippen LogP) is 4.26. The van der Waals surface area contributed by atoms with Crippen molar-refractivity contribution in [3.63, 3.8) is 0 Å². The quantitative estimate of drug-likeness (QED) is 0.413. The van der Waals surface area contributed by atoms with Gasteiger partial charge in [-0.25, -0.2) is 19.6 Å². The van der Waals surface area contributed by atoms with Gasteiger partial charge in [-0.2, -0.15) is 5.10 Å². The number of thiazole rings is 1. The smallest absolute Gasteiger partial charge is 0.251 e. The molecule has 176 valence electrons. The number of aromatic nitrogens is 5. The van der Waals surface area contributed by atoms with Crippen LogP contribution in [0, 0.1) is 27.7 Å². The highest BCUT2D eigenvalue weighted by Gasteiger charge is 2.28. The van der Waals surface area contributed by atoms with Gasteiger partial charge in [0.15, 0.2) is 5.13 Å². The van der Waals surface area contributed by atoms with Gasteiger partial charge >= 0.3 is 0 Å². The number of nitrogens with zero attached hydrogens (tertiary/aromatic N) is 6. The van der Waals surface area contributed by atoms with E-state index in [1.165, 1.54) is 11.3 Å². The number of rotatable bonds is 6. The van der Waals surface area contributed by atoms with Crippen LogP contribution in [-0.4, -0.2) is 49.9 Å². The molecule has 1 saturated heterocycles. The van der Waals surface area contributed by atoms with E-state index < -0.39 is 0 Å². The molecule has 0 bridgehead atoms. The summed E-state index contributed by atoms with van der Waals surface area (Å²) in [6.45, 7) is 9.02. The molecule has 0 aliphatic carbocycles. The van der Waals surface area contributed by atoms with E-state index in [4.69, 9.17) is 9.72 Å². The van der Waals surface area contributed by atoms with Crippen LogP contribution in [0.15, 0.2) is 30.3 Å². The molecule has 0 saturated carbocycles. The highest BCUT2D eigenvalue weighted by Crippen LogP contribution is 2.30. The lowest BCUT2D eigenvalue weighted by atomic mass is 10.1. The topological polar surface area (TPSA) is 86.0 Å². The number of hydrogen-bond donors (Lipinski definition) is 0. The number of carbonyl (C=O) groups is 1. The fourth-order valence-electron chi connectivity index (χ4n) is 4.43. The number of aryl methyl sites for hydroxylation is 3. The zero-order valence-corrected chi connectivity index (χ0v) is 20.7. The van der Waals surface area contributed by atoms with Gasteiger partial charge < -0.3 is 4.74 Å². The molecule has 1 atom stereocenters. The van der Waals surface area contributed by atoms with Crippen LogP contribution in [0.3, 0.4) is 0 Å². The lowest BCUT2D eigenvalue weighted by Crippen LogP contribution is -2.38. The van der Waals surface area contributed by atoms with Crippen molar-refractivity contribution in [2.75, 3.05) is 18.1 Å². The summed E-state index contributed by atoms with van der Waals surface area (Å²) in [5.74, 6) is 0.515. The Morgan fingerprint density at radius 2 is 1.91 bits per heavy atom. The minimum atomic E-state index is -0.0124. The van der Waals surface area contributed by atoms with Crippen LogP contribution in [-0.2, 0) is 16.0 Å². The minimum Gasteiger partial charge on any atom is -0.376 e. The van der Waals surface area contributed by atoms with E-state index in [0.29, 0.717) is 17.6 Å². The summed E-state index contributed by atoms with van der Waals surface area (Å²) in [6.07, 6.45) is 2.23. The lowest BCUT2D eigenvalue weighted by Gasteiger charge is -2.23. The highest BCUT2D eigenvalue weighted by atomic mass is 32.1. The van der Waals surface area contributed by atoms with Gasteiger partial charge in [0.05, 0.1) is 35.0 Å². The molecule has 1 unspecified atom stereocenters. The third-order valence-electron chi connectivity index (χ3n) is 6.15. The van der Waals surface area contributed by atoms with Gasteiger partial charge in [0.2, 0.25) is 5.91 Å². The third-order valence-corrected chi connectivity index (χ3v) is 7.21. The Labute approximate surface area is 202 Å². The number of benzene rings is 1. The van der Waals surface area contributed by atoms with Gasteiger partial charge in [0.1, 0.15) is 0 Å². The van der Waals surface area contributed by atoms with Crippen molar-refractivity contribution in [3.05, 3.63) is 58.7 Å². The van der Waals surface area contributed by atoms with Crippen LogP contribution in [0.25, 0.3) is 16.2 Å². The monoisotopic (exact) mass is 476 g/mol. The molecule has 5 rings (SSSR count). The average Bonchev–Trinajstić information content (AvgIpc) is 3.52. The molecule has 8 nitrogen and oxygen atoms in total. The molecule has 0 radical (unpaired) electrons. The van der Waals surface area contributed by atoms with Gasteiger partial charge in [0, 0.05) is 29.3 Å². The Hall–Kier alpha value is -3.17. The third kappa shape index (κ3) is 4.45. The van der Waals surface area contributed by atoms with Crippen LogP contribution in [0.1, 0.15) is 41.2 Å². The normalized spacial score (nSPS) is 15.8. The van der Waals surface area contributed by atoms with Gasteiger partial charge in [-0.3, -0.25) is 9.69 Å². The van der Waals surface area contributed by atoms with Crippen LogP contribution < -0.4 is 4.90 Å². The lowest BCUT2D eigenvalue weighted by molar-refractivity contribution is -0.118. The maximum Gasteiger partial charge on any atom is 0.251 e. The molecule has 9 heteroatoms. The van der Waals surface area contributed by atoms with Gasteiger partial charge in [-0.05, 0) is 58.7 Å². The second kappa shape index (κ2) is 9.23. The van der Waals surface area contributed by atoms with Crippen molar-refractivity contribution in [1.29, 1.82) is 0 Å². The van der Waals surface area contributed by atoms with E-state index in [9.17, 15) is 4.79 Å². The first-order chi connectivity index (χ1) is 16.4. The fourth-order valence-corrected chi connectivity index (χ4v) is 5.42. The Balaban J connectivity index is 1.46. The summed E-state index contributed by atoms with van der Waals surface area (Å²) < 4.78 is 8.66. The van der Waals surface area contributed by atoms with E-state index in [1.807, 2.05) is 58.0 Å². The van der Waals surface area contributed by atoms with Gasteiger partial charge in [-0.15, -0.1) is 0 Å². The highest BCUT2D eigenvalue weighted by molar-refractivity contribution is 7.22.